The van der Waals surface area contributed by atoms with E-state index in [0.29, 0.717) is 12.2 Å². The first-order valence-corrected chi connectivity index (χ1v) is 10.1. The Morgan fingerprint density at radius 2 is 2.04 bits per heavy atom. The van der Waals surface area contributed by atoms with E-state index in [4.69, 9.17) is 4.74 Å². The second-order valence-electron chi connectivity index (χ2n) is 6.40. The maximum atomic E-state index is 12.5. The van der Waals surface area contributed by atoms with Gasteiger partial charge in [-0.1, -0.05) is 31.5 Å². The lowest BCUT2D eigenvalue weighted by atomic mass is 10.1. The first-order chi connectivity index (χ1) is 13.1. The van der Waals surface area contributed by atoms with Gasteiger partial charge in [-0.2, -0.15) is 0 Å². The number of carbonyl (C=O) groups is 2. The third-order valence-electron chi connectivity index (χ3n) is 4.44. The van der Waals surface area contributed by atoms with E-state index in [1.165, 1.54) is 0 Å². The van der Waals surface area contributed by atoms with Gasteiger partial charge < -0.3 is 10.1 Å². The maximum absolute atomic E-state index is 12.5. The zero-order valence-corrected chi connectivity index (χ0v) is 16.4. The number of nitrogens with one attached hydrogen (secondary N) is 1. The van der Waals surface area contributed by atoms with Gasteiger partial charge in [-0.05, 0) is 36.2 Å². The van der Waals surface area contributed by atoms with Crippen LogP contribution in [-0.2, 0) is 9.59 Å². The Balaban J connectivity index is 1.76. The van der Waals surface area contributed by atoms with Crippen LogP contribution in [0.25, 0.3) is 0 Å². The summed E-state index contributed by atoms with van der Waals surface area (Å²) in [6, 6.07) is 15.3. The summed E-state index contributed by atoms with van der Waals surface area (Å²) in [7, 11) is 1.62. The fourth-order valence-electron chi connectivity index (χ4n) is 3.00. The van der Waals surface area contributed by atoms with Gasteiger partial charge in [0.15, 0.2) is 0 Å². The molecule has 0 bridgehead atoms. The molecule has 2 aromatic rings. The summed E-state index contributed by atoms with van der Waals surface area (Å²) in [5.74, 6) is 1.28. The lowest BCUT2D eigenvalue weighted by molar-refractivity contribution is -0.116. The van der Waals surface area contributed by atoms with Crippen molar-refractivity contribution < 1.29 is 14.3 Å². The largest absolute Gasteiger partial charge is 0.497 e. The highest BCUT2D eigenvalue weighted by Crippen LogP contribution is 2.42. The second kappa shape index (κ2) is 8.95. The zero-order chi connectivity index (χ0) is 19.2. The van der Waals surface area contributed by atoms with Gasteiger partial charge in [0.25, 0.3) is 0 Å². The van der Waals surface area contributed by atoms with Crippen LogP contribution in [0, 0.1) is 0 Å². The number of methoxy groups -OCH3 is 1. The van der Waals surface area contributed by atoms with Crippen molar-refractivity contribution in [3.63, 3.8) is 0 Å². The third kappa shape index (κ3) is 4.63. The van der Waals surface area contributed by atoms with Crippen molar-refractivity contribution in [2.75, 3.05) is 23.1 Å². The Kier molecular flexibility index (Phi) is 6.40. The molecule has 0 aromatic heterocycles. The molecular weight excluding hydrogens is 360 g/mol. The number of hydrogen-bond acceptors (Lipinski definition) is 4. The molecule has 0 saturated carbocycles. The fourth-order valence-corrected chi connectivity index (χ4v) is 4.18. The molecule has 1 atom stereocenters. The second-order valence-corrected chi connectivity index (χ2v) is 7.47. The summed E-state index contributed by atoms with van der Waals surface area (Å²) in [6.07, 6.45) is 2.43. The molecule has 6 heteroatoms. The van der Waals surface area contributed by atoms with Gasteiger partial charge in [0.1, 0.15) is 11.1 Å². The van der Waals surface area contributed by atoms with Crippen molar-refractivity contribution >= 4 is 35.0 Å². The molecule has 1 aliphatic rings. The highest BCUT2D eigenvalue weighted by Gasteiger charge is 2.34. The molecule has 1 heterocycles. The number of ether oxygens (including phenoxy) is 1. The molecule has 5 nitrogen and oxygen atoms in total. The number of amides is 2. The molecule has 2 amide bonds. The lowest BCUT2D eigenvalue weighted by Gasteiger charge is -2.25. The van der Waals surface area contributed by atoms with E-state index >= 15 is 0 Å². The van der Waals surface area contributed by atoms with E-state index in [9.17, 15) is 9.59 Å². The summed E-state index contributed by atoms with van der Waals surface area (Å²) in [4.78, 5) is 26.2. The summed E-state index contributed by atoms with van der Waals surface area (Å²) in [5, 5.41) is 2.83. The molecule has 1 N–H and O–H groups in total. The topological polar surface area (TPSA) is 58.6 Å². The first-order valence-electron chi connectivity index (χ1n) is 9.10. The monoisotopic (exact) mass is 384 g/mol. The van der Waals surface area contributed by atoms with Crippen molar-refractivity contribution in [2.24, 2.45) is 0 Å². The molecule has 0 spiro atoms. The van der Waals surface area contributed by atoms with Crippen LogP contribution in [0.5, 0.6) is 5.75 Å². The Bertz CT molecular complexity index is 807. The van der Waals surface area contributed by atoms with Crippen molar-refractivity contribution in [3.05, 3.63) is 54.1 Å². The van der Waals surface area contributed by atoms with Crippen molar-refractivity contribution in [2.45, 2.75) is 31.6 Å². The molecule has 2 aromatic carbocycles. The van der Waals surface area contributed by atoms with E-state index in [0.717, 1.165) is 35.5 Å². The van der Waals surface area contributed by atoms with Gasteiger partial charge in [-0.3, -0.25) is 14.5 Å². The zero-order valence-electron chi connectivity index (χ0n) is 15.6. The molecule has 27 heavy (non-hydrogen) atoms. The smallest absolute Gasteiger partial charge is 0.238 e. The number of anilines is 2. The van der Waals surface area contributed by atoms with Gasteiger partial charge in [-0.15, -0.1) is 11.8 Å². The van der Waals surface area contributed by atoms with Crippen LogP contribution in [0.4, 0.5) is 11.4 Å². The number of nitrogens with zero attached hydrogens (tertiary/aromatic N) is 1. The van der Waals surface area contributed by atoms with Crippen LogP contribution >= 0.6 is 11.8 Å². The van der Waals surface area contributed by atoms with Gasteiger partial charge in [0, 0.05) is 23.9 Å². The van der Waals surface area contributed by atoms with Crippen molar-refractivity contribution in [3.8, 4) is 5.75 Å². The van der Waals surface area contributed by atoms with E-state index in [2.05, 4.69) is 12.2 Å². The normalized spacial score (nSPS) is 16.4. The van der Waals surface area contributed by atoms with Gasteiger partial charge in [0.2, 0.25) is 11.8 Å². The van der Waals surface area contributed by atoms with Crippen LogP contribution in [0.15, 0.2) is 48.5 Å². The number of rotatable bonds is 7. The Labute approximate surface area is 164 Å². The third-order valence-corrected chi connectivity index (χ3v) is 5.65. The van der Waals surface area contributed by atoms with E-state index in [-0.39, 0.29) is 17.2 Å². The number of hydrogen-bond donors (Lipinski definition) is 1. The van der Waals surface area contributed by atoms with Gasteiger partial charge in [-0.25, -0.2) is 0 Å². The predicted molar refractivity (Wildman–Crippen MR) is 110 cm³/mol. The van der Waals surface area contributed by atoms with Crippen LogP contribution in [0.2, 0.25) is 0 Å². The first kappa shape index (κ1) is 19.3. The molecular formula is C21H24N2O3S. The molecule has 1 aliphatic heterocycles. The minimum atomic E-state index is -0.0885. The molecule has 3 rings (SSSR count). The summed E-state index contributed by atoms with van der Waals surface area (Å²) < 4.78 is 5.29. The quantitative estimate of drug-likeness (QED) is 0.758. The molecule has 0 aliphatic carbocycles. The van der Waals surface area contributed by atoms with Crippen molar-refractivity contribution in [1.29, 1.82) is 0 Å². The summed E-state index contributed by atoms with van der Waals surface area (Å²) >= 11 is 1.60. The molecule has 142 valence electrons. The van der Waals surface area contributed by atoms with Crippen LogP contribution in [-0.4, -0.2) is 24.7 Å². The number of benzene rings is 2. The maximum Gasteiger partial charge on any atom is 0.238 e. The Hall–Kier alpha value is -2.47. The number of carbonyl (C=O) groups excluding carboxylic acids is 2. The van der Waals surface area contributed by atoms with E-state index in [1.807, 2.05) is 53.4 Å². The van der Waals surface area contributed by atoms with Crippen molar-refractivity contribution in [1.82, 2.24) is 0 Å². The minimum absolute atomic E-state index is 0.0352. The molecule has 1 saturated heterocycles. The van der Waals surface area contributed by atoms with Crippen LogP contribution in [0.3, 0.4) is 0 Å². The lowest BCUT2D eigenvalue weighted by Crippen LogP contribution is -2.27. The van der Waals surface area contributed by atoms with Crippen LogP contribution < -0.4 is 15.0 Å². The summed E-state index contributed by atoms with van der Waals surface area (Å²) in [6.45, 7) is 2.07. The number of thioether (sulfide) groups is 1. The predicted octanol–water partition coefficient (Wildman–Crippen LogP) is 4.60. The SMILES string of the molecule is CCCCC(=O)Nc1ccc([C@@H]2SCC(=O)N2c2cccc(OC)c2)cc1. The van der Waals surface area contributed by atoms with E-state index in [1.54, 1.807) is 18.9 Å². The Morgan fingerprint density at radius 1 is 1.26 bits per heavy atom. The highest BCUT2D eigenvalue weighted by molar-refractivity contribution is 8.00. The fraction of sp³-hybridized carbons (Fsp3) is 0.333. The Morgan fingerprint density at radius 3 is 2.74 bits per heavy atom. The molecule has 0 radical (unpaired) electrons. The average molecular weight is 385 g/mol. The summed E-state index contributed by atoms with van der Waals surface area (Å²) in [5.41, 5.74) is 2.63. The molecule has 1 fully saturated rings. The standard InChI is InChI=1S/C21H24N2O3S/c1-3-4-8-19(24)22-16-11-9-15(10-12-16)21-23(20(25)14-27-21)17-6-5-7-18(13-17)26-2/h5-7,9-13,21H,3-4,8,14H2,1-2H3,(H,22,24)/t21-/m0/s1. The molecule has 0 unspecified atom stereocenters. The highest BCUT2D eigenvalue weighted by atomic mass is 32.2. The average Bonchev–Trinajstić information content (AvgIpc) is 3.08. The van der Waals surface area contributed by atoms with E-state index < -0.39 is 0 Å². The number of unbranched alkanes of at least 4 members (excludes halogenated alkanes) is 1. The van der Waals surface area contributed by atoms with Gasteiger partial charge in [0.05, 0.1) is 12.9 Å². The van der Waals surface area contributed by atoms with Gasteiger partial charge >= 0.3 is 0 Å². The minimum Gasteiger partial charge on any atom is -0.497 e. The van der Waals surface area contributed by atoms with Crippen LogP contribution in [0.1, 0.15) is 37.1 Å².